The third-order valence-corrected chi connectivity index (χ3v) is 0.500. The van der Waals surface area contributed by atoms with Gasteiger partial charge in [-0.1, -0.05) is 0 Å². The fraction of sp³-hybridized carbons (Fsp3) is 0.571. The van der Waals surface area contributed by atoms with Crippen molar-refractivity contribution in [3.63, 3.8) is 0 Å². The predicted octanol–water partition coefficient (Wildman–Crippen LogP) is 1.91. The Morgan fingerprint density at radius 1 is 1.40 bits per heavy atom. The molecule has 1 N–H and O–H groups in total. The average Bonchev–Trinajstić information content (AvgIpc) is 1.66. The van der Waals surface area contributed by atoms with Crippen LogP contribution in [0.1, 0.15) is 26.2 Å². The van der Waals surface area contributed by atoms with Crippen LogP contribution in [0.3, 0.4) is 0 Å². The van der Waals surface area contributed by atoms with Gasteiger partial charge >= 0.3 is 19.5 Å². The zero-order chi connectivity index (χ0) is 7.70. The van der Waals surface area contributed by atoms with Crippen LogP contribution in [-0.4, -0.2) is 11.1 Å². The summed E-state index contributed by atoms with van der Waals surface area (Å²) in [6, 6.07) is 0. The zero-order valence-corrected chi connectivity index (χ0v) is 7.86. The summed E-state index contributed by atoms with van der Waals surface area (Å²) in [6.45, 7) is 8.35. The van der Waals surface area contributed by atoms with Gasteiger partial charge in [0.15, 0.2) is 0 Å². The van der Waals surface area contributed by atoms with E-state index in [1.54, 1.807) is 0 Å². The summed E-state index contributed by atoms with van der Waals surface area (Å²) in [5.41, 5.74) is 0. The molecule has 0 aromatic heterocycles. The molecule has 0 aromatic carbocycles. The van der Waals surface area contributed by atoms with Crippen LogP contribution in [-0.2, 0) is 24.3 Å². The number of carbonyl (C=O) groups is 1. The van der Waals surface area contributed by atoms with Gasteiger partial charge in [-0.15, -0.1) is 6.42 Å². The Balaban J connectivity index is -0.0000000910. The molecule has 0 bridgehead atoms. The Morgan fingerprint density at radius 2 is 1.60 bits per heavy atom. The Morgan fingerprint density at radius 3 is 1.60 bits per heavy atom. The molecule has 0 aliphatic rings. The monoisotopic (exact) mass is 233 g/mol. The molecule has 0 aliphatic carbocycles. The summed E-state index contributed by atoms with van der Waals surface area (Å²) >= 11 is 0. The Kier molecular flexibility index (Phi) is 26.6. The number of hydrogen-bond donors (Lipinski definition) is 1. The second-order valence-corrected chi connectivity index (χ2v) is 1.58. The topological polar surface area (TPSA) is 37.3 Å². The number of unbranched alkanes of at least 4 members (excludes halogenated alkanes) is 2. The van der Waals surface area contributed by atoms with Gasteiger partial charge in [-0.2, -0.15) is 12.8 Å². The van der Waals surface area contributed by atoms with Crippen LogP contribution in [0.2, 0.25) is 0 Å². The normalized spacial score (nSPS) is 6.70. The van der Waals surface area contributed by atoms with E-state index in [1.807, 2.05) is 0 Å². The first kappa shape index (κ1) is 16.6. The summed E-state index contributed by atoms with van der Waals surface area (Å²) in [6.07, 6.45) is 3.23. The summed E-state index contributed by atoms with van der Waals surface area (Å²) in [4.78, 5) is 9.00. The second-order valence-electron chi connectivity index (χ2n) is 1.58. The van der Waals surface area contributed by atoms with Crippen molar-refractivity contribution in [2.75, 3.05) is 0 Å². The molecule has 63 valence electrons. The molecule has 0 unspecified atom stereocenters. The molecule has 0 amide bonds. The summed E-state index contributed by atoms with van der Waals surface area (Å²) < 4.78 is 0. The molecule has 0 heterocycles. The van der Waals surface area contributed by atoms with E-state index >= 15 is 0 Å². The second kappa shape index (κ2) is 16.0. The van der Waals surface area contributed by atoms with Crippen LogP contribution in [0.5, 0.6) is 0 Å². The van der Waals surface area contributed by atoms with E-state index in [0.717, 1.165) is 19.8 Å². The van der Waals surface area contributed by atoms with Crippen molar-refractivity contribution < 1.29 is 29.4 Å². The van der Waals surface area contributed by atoms with Gasteiger partial charge < -0.3 is 19.0 Å². The van der Waals surface area contributed by atoms with E-state index in [1.165, 1.54) is 6.42 Å². The van der Waals surface area contributed by atoms with Gasteiger partial charge in [0.25, 0.3) is 5.97 Å². The van der Waals surface area contributed by atoms with Gasteiger partial charge in [0.2, 0.25) is 0 Å². The molecule has 1 radical (unpaired) electrons. The number of carboxylic acids is 1. The van der Waals surface area contributed by atoms with E-state index in [-0.39, 0.29) is 19.5 Å². The largest absolute Gasteiger partial charge is 2.00 e. The van der Waals surface area contributed by atoms with Crippen molar-refractivity contribution in [3.05, 3.63) is 13.8 Å². The fourth-order valence-electron chi connectivity index (χ4n) is 0.177. The maximum Gasteiger partial charge on any atom is 2.00 e. The molecule has 3 heteroatoms. The Labute approximate surface area is 75.8 Å². The first-order chi connectivity index (χ1) is 4.15. The van der Waals surface area contributed by atoms with Crippen LogP contribution >= 0.6 is 0 Å². The van der Waals surface area contributed by atoms with E-state index in [0.29, 0.717) is 0 Å². The van der Waals surface area contributed by atoms with Crippen LogP contribution in [0.15, 0.2) is 0 Å². The molecule has 0 atom stereocenters. The zero-order valence-electron chi connectivity index (χ0n) is 6.22. The minimum Gasteiger partial charge on any atom is -0.481 e. The van der Waals surface area contributed by atoms with E-state index in [2.05, 4.69) is 13.8 Å². The third-order valence-electron chi connectivity index (χ3n) is 0.500. The number of hydrogen-bond acceptors (Lipinski definition) is 1. The van der Waals surface area contributed by atoms with Crippen molar-refractivity contribution in [1.29, 1.82) is 0 Å². The smallest absolute Gasteiger partial charge is 0.481 e. The molecular weight excluding hydrogens is 219 g/mol. The molecule has 0 spiro atoms. The molecule has 0 aliphatic heterocycles. The van der Waals surface area contributed by atoms with E-state index in [4.69, 9.17) is 9.90 Å². The van der Waals surface area contributed by atoms with E-state index < -0.39 is 5.97 Å². The molecule has 2 nitrogen and oxygen atoms in total. The molecular formula is C7H14O2Rh. The van der Waals surface area contributed by atoms with Crippen molar-refractivity contribution in [2.45, 2.75) is 26.2 Å². The maximum absolute atomic E-state index is 9.00. The number of rotatable bonds is 2. The van der Waals surface area contributed by atoms with Gasteiger partial charge in [0.05, 0.1) is 0 Å². The van der Waals surface area contributed by atoms with Crippen LogP contribution in [0.25, 0.3) is 0 Å². The van der Waals surface area contributed by atoms with Gasteiger partial charge in [-0.25, -0.2) is 0 Å². The van der Waals surface area contributed by atoms with Gasteiger partial charge in [0, 0.05) is 6.92 Å². The maximum atomic E-state index is 9.00. The summed E-state index contributed by atoms with van der Waals surface area (Å²) in [7, 11) is 0. The average molecular weight is 233 g/mol. The van der Waals surface area contributed by atoms with Crippen molar-refractivity contribution in [2.24, 2.45) is 0 Å². The van der Waals surface area contributed by atoms with Crippen molar-refractivity contribution in [3.8, 4) is 0 Å². The Bertz CT molecular complexity index is 58.6. The van der Waals surface area contributed by atoms with Crippen LogP contribution in [0.4, 0.5) is 0 Å². The van der Waals surface area contributed by atoms with Gasteiger partial charge in [0.1, 0.15) is 0 Å². The Hall–Kier alpha value is 0.0934. The van der Waals surface area contributed by atoms with Gasteiger partial charge in [-0.05, 0) is 0 Å². The van der Waals surface area contributed by atoms with Crippen LogP contribution < -0.4 is 0 Å². The summed E-state index contributed by atoms with van der Waals surface area (Å²) in [5.74, 6) is -0.833. The minimum absolute atomic E-state index is 0. The summed E-state index contributed by atoms with van der Waals surface area (Å²) in [5, 5.41) is 7.42. The fourth-order valence-corrected chi connectivity index (χ4v) is 0.177. The first-order valence-electron chi connectivity index (χ1n) is 2.93. The molecule has 0 fully saturated rings. The molecule has 0 saturated heterocycles. The van der Waals surface area contributed by atoms with Gasteiger partial charge in [-0.3, -0.25) is 4.79 Å². The predicted molar refractivity (Wildman–Crippen MR) is 37.9 cm³/mol. The standard InChI is InChI=1S/C5H10.C2H4O2.Rh/c1-3-5-4-2;1-2(3)4;/h1-5H2;1H3,(H,3,4);/q-2;;+2. The quantitative estimate of drug-likeness (QED) is 0.584. The molecule has 0 saturated carbocycles. The van der Waals surface area contributed by atoms with Crippen molar-refractivity contribution in [1.82, 2.24) is 0 Å². The van der Waals surface area contributed by atoms with Crippen molar-refractivity contribution >= 4 is 5.97 Å². The molecule has 0 aromatic rings. The SMILES string of the molecule is CC(=O)O.[CH2-]CCC[CH2-].[Rh+2]. The number of aliphatic carboxylic acids is 1. The minimum atomic E-state index is -0.833. The number of carboxylic acid groups (broad SMARTS) is 1. The third kappa shape index (κ3) is 92.9. The van der Waals surface area contributed by atoms with E-state index in [9.17, 15) is 0 Å². The molecule has 0 rings (SSSR count). The molecule has 10 heavy (non-hydrogen) atoms. The first-order valence-corrected chi connectivity index (χ1v) is 2.93. The van der Waals surface area contributed by atoms with Crippen LogP contribution in [0, 0.1) is 13.8 Å².